The molecule has 1 aromatic carbocycles. The van der Waals surface area contributed by atoms with Gasteiger partial charge in [-0.2, -0.15) is 0 Å². The fraction of sp³-hybridized carbons (Fsp3) is 0.143. The Hall–Kier alpha value is -0.960. The Balaban J connectivity index is 0.000000371. The van der Waals surface area contributed by atoms with Crippen molar-refractivity contribution < 1.29 is 13.9 Å². The molecule has 0 spiro atoms. The second-order valence-corrected chi connectivity index (χ2v) is 1.44. The lowest BCUT2D eigenvalue weighted by Gasteiger charge is -1.84. The zero-order valence-electron chi connectivity index (χ0n) is 5.51. The largest absolute Gasteiger partial charge is 0.400 e. The molecule has 0 aliphatic rings. The highest BCUT2D eigenvalue weighted by Gasteiger charge is 1.88. The number of rotatable bonds is 0. The Kier molecular flexibility index (Phi) is 4.41. The lowest BCUT2D eigenvalue weighted by Crippen LogP contribution is -1.73. The smallest absolute Gasteiger partial charge is 0.126 e. The third-order valence-corrected chi connectivity index (χ3v) is 0.787. The molecule has 0 heterocycles. The van der Waals surface area contributed by atoms with Crippen molar-refractivity contribution in [2.45, 2.75) is 0 Å². The van der Waals surface area contributed by atoms with Gasteiger partial charge in [-0.25, -0.2) is 8.78 Å². The quantitative estimate of drug-likeness (QED) is 0.589. The van der Waals surface area contributed by atoms with Gasteiger partial charge in [0, 0.05) is 13.2 Å². The molecule has 0 aromatic heterocycles. The highest BCUT2D eigenvalue weighted by molar-refractivity contribution is 5.04. The van der Waals surface area contributed by atoms with Crippen molar-refractivity contribution in [3.05, 3.63) is 35.9 Å². The number of hydrogen-bond donors (Lipinski definition) is 1. The first kappa shape index (κ1) is 9.04. The standard InChI is InChI=1S/C6H4F2.CH4O/c7-5-2-1-3-6(8)4-5;1-2/h1-4H;2H,1H3. The Morgan fingerprint density at radius 1 is 1.10 bits per heavy atom. The summed E-state index contributed by atoms with van der Waals surface area (Å²) in [5.74, 6) is -1.07. The van der Waals surface area contributed by atoms with Gasteiger partial charge in [0.1, 0.15) is 11.6 Å². The van der Waals surface area contributed by atoms with Gasteiger partial charge in [0.05, 0.1) is 0 Å². The van der Waals surface area contributed by atoms with Crippen LogP contribution in [0.4, 0.5) is 8.78 Å². The molecule has 0 radical (unpaired) electrons. The summed E-state index contributed by atoms with van der Waals surface area (Å²) < 4.78 is 23.9. The maximum atomic E-state index is 11.9. The predicted octanol–water partition coefficient (Wildman–Crippen LogP) is 1.57. The molecule has 1 rings (SSSR count). The minimum Gasteiger partial charge on any atom is -0.400 e. The van der Waals surface area contributed by atoms with E-state index in [1.165, 1.54) is 18.2 Å². The van der Waals surface area contributed by atoms with Gasteiger partial charge >= 0.3 is 0 Å². The Morgan fingerprint density at radius 2 is 1.50 bits per heavy atom. The second-order valence-electron chi connectivity index (χ2n) is 1.44. The van der Waals surface area contributed by atoms with E-state index in [0.29, 0.717) is 0 Å². The van der Waals surface area contributed by atoms with Crippen LogP contribution >= 0.6 is 0 Å². The van der Waals surface area contributed by atoms with E-state index in [-0.39, 0.29) is 0 Å². The molecule has 10 heavy (non-hydrogen) atoms. The molecule has 0 saturated heterocycles. The SMILES string of the molecule is CO.Fc1cccc(F)c1. The zero-order chi connectivity index (χ0) is 7.98. The molecule has 0 saturated carbocycles. The van der Waals surface area contributed by atoms with Crippen LogP contribution in [-0.2, 0) is 0 Å². The van der Waals surface area contributed by atoms with Crippen molar-refractivity contribution >= 4 is 0 Å². The Bertz CT molecular complexity index is 171. The van der Waals surface area contributed by atoms with Crippen molar-refractivity contribution in [3.63, 3.8) is 0 Å². The summed E-state index contributed by atoms with van der Waals surface area (Å²) >= 11 is 0. The number of halogens is 2. The summed E-state index contributed by atoms with van der Waals surface area (Å²) in [6.07, 6.45) is 0. The summed E-state index contributed by atoms with van der Waals surface area (Å²) in [5, 5.41) is 7.00. The lowest BCUT2D eigenvalue weighted by molar-refractivity contribution is 0.399. The minimum atomic E-state index is -0.537. The van der Waals surface area contributed by atoms with Crippen molar-refractivity contribution in [2.24, 2.45) is 0 Å². The maximum absolute atomic E-state index is 11.9. The zero-order valence-corrected chi connectivity index (χ0v) is 5.51. The molecule has 0 fully saturated rings. The van der Waals surface area contributed by atoms with Crippen LogP contribution in [0.5, 0.6) is 0 Å². The van der Waals surface area contributed by atoms with E-state index in [9.17, 15) is 8.78 Å². The van der Waals surface area contributed by atoms with Crippen LogP contribution in [0.25, 0.3) is 0 Å². The summed E-state index contributed by atoms with van der Waals surface area (Å²) in [5.41, 5.74) is 0. The molecule has 1 aromatic rings. The van der Waals surface area contributed by atoms with Crippen LogP contribution in [-0.4, -0.2) is 12.2 Å². The summed E-state index contributed by atoms with van der Waals surface area (Å²) in [4.78, 5) is 0. The lowest BCUT2D eigenvalue weighted by atomic mass is 10.3. The first-order valence-electron chi connectivity index (χ1n) is 2.65. The third kappa shape index (κ3) is 3.14. The van der Waals surface area contributed by atoms with Crippen molar-refractivity contribution in [1.29, 1.82) is 0 Å². The average molecular weight is 146 g/mol. The van der Waals surface area contributed by atoms with Gasteiger partial charge in [-0.15, -0.1) is 0 Å². The van der Waals surface area contributed by atoms with Gasteiger partial charge in [0.15, 0.2) is 0 Å². The molecule has 1 N–H and O–H groups in total. The Labute approximate surface area is 57.9 Å². The first-order chi connectivity index (χ1) is 4.79. The number of aliphatic hydroxyl groups excluding tert-OH is 1. The normalized spacial score (nSPS) is 8.00. The fourth-order valence-electron chi connectivity index (χ4n) is 0.460. The minimum absolute atomic E-state index is 0.537. The fourth-order valence-corrected chi connectivity index (χ4v) is 0.460. The van der Waals surface area contributed by atoms with Gasteiger partial charge in [0.2, 0.25) is 0 Å². The molecule has 3 heteroatoms. The van der Waals surface area contributed by atoms with E-state index in [2.05, 4.69) is 0 Å². The summed E-state index contributed by atoms with van der Waals surface area (Å²) in [6, 6.07) is 4.55. The van der Waals surface area contributed by atoms with E-state index in [1.54, 1.807) is 0 Å². The molecule has 0 atom stereocenters. The van der Waals surface area contributed by atoms with Gasteiger partial charge in [-0.05, 0) is 12.1 Å². The first-order valence-corrected chi connectivity index (χ1v) is 2.65. The van der Waals surface area contributed by atoms with Crippen LogP contribution < -0.4 is 0 Å². The molecule has 0 aliphatic carbocycles. The van der Waals surface area contributed by atoms with Gasteiger partial charge in [-0.1, -0.05) is 6.07 Å². The molecular weight excluding hydrogens is 138 g/mol. The van der Waals surface area contributed by atoms with Crippen LogP contribution in [0.1, 0.15) is 0 Å². The predicted molar refractivity (Wildman–Crippen MR) is 34.5 cm³/mol. The molecule has 0 unspecified atom stereocenters. The molecule has 1 nitrogen and oxygen atoms in total. The Morgan fingerprint density at radius 3 is 1.70 bits per heavy atom. The van der Waals surface area contributed by atoms with Crippen molar-refractivity contribution in [2.75, 3.05) is 7.11 Å². The molecule has 0 bridgehead atoms. The van der Waals surface area contributed by atoms with E-state index >= 15 is 0 Å². The highest BCUT2D eigenvalue weighted by atomic mass is 19.1. The monoisotopic (exact) mass is 146 g/mol. The number of hydrogen-bond acceptors (Lipinski definition) is 1. The molecule has 56 valence electrons. The van der Waals surface area contributed by atoms with Crippen LogP contribution in [0.2, 0.25) is 0 Å². The molecule has 0 aliphatic heterocycles. The summed E-state index contributed by atoms with van der Waals surface area (Å²) in [6.45, 7) is 0. The van der Waals surface area contributed by atoms with Crippen LogP contribution in [0.3, 0.4) is 0 Å². The topological polar surface area (TPSA) is 20.2 Å². The number of aliphatic hydroxyl groups is 1. The van der Waals surface area contributed by atoms with E-state index < -0.39 is 11.6 Å². The van der Waals surface area contributed by atoms with Gasteiger partial charge in [0.25, 0.3) is 0 Å². The maximum Gasteiger partial charge on any atom is 0.126 e. The highest BCUT2D eigenvalue weighted by Crippen LogP contribution is 1.99. The van der Waals surface area contributed by atoms with E-state index in [0.717, 1.165) is 13.2 Å². The van der Waals surface area contributed by atoms with E-state index in [4.69, 9.17) is 5.11 Å². The average Bonchev–Trinajstić information content (AvgIpc) is 1.91. The van der Waals surface area contributed by atoms with Crippen LogP contribution in [0.15, 0.2) is 24.3 Å². The van der Waals surface area contributed by atoms with E-state index in [1.807, 2.05) is 0 Å². The van der Waals surface area contributed by atoms with Gasteiger partial charge in [-0.3, -0.25) is 0 Å². The second kappa shape index (κ2) is 4.88. The molecule has 0 amide bonds. The number of benzene rings is 1. The van der Waals surface area contributed by atoms with Crippen LogP contribution in [0, 0.1) is 11.6 Å². The summed E-state index contributed by atoms with van der Waals surface area (Å²) in [7, 11) is 1.00. The van der Waals surface area contributed by atoms with Crippen molar-refractivity contribution in [1.82, 2.24) is 0 Å². The molecular formula is C7H8F2O. The van der Waals surface area contributed by atoms with Crippen molar-refractivity contribution in [3.8, 4) is 0 Å². The third-order valence-electron chi connectivity index (χ3n) is 0.787. The van der Waals surface area contributed by atoms with Gasteiger partial charge < -0.3 is 5.11 Å².